The number of nitrogens with one attached hydrogen (secondary N) is 1. The summed E-state index contributed by atoms with van der Waals surface area (Å²) in [6.45, 7) is 0. The molecule has 1 saturated heterocycles. The number of carboxylic acids is 1. The van der Waals surface area contributed by atoms with E-state index in [9.17, 15) is 33.9 Å². The molecule has 0 radical (unpaired) electrons. The molecule has 0 aliphatic carbocycles. The third-order valence-corrected chi connectivity index (χ3v) is 10.1. The normalized spacial score (nSPS) is 19.3. The van der Waals surface area contributed by atoms with E-state index in [1.54, 1.807) is 0 Å². The van der Waals surface area contributed by atoms with Crippen LogP contribution in [0.1, 0.15) is 5.69 Å². The van der Waals surface area contributed by atoms with Crippen molar-refractivity contribution in [2.75, 3.05) is 17.2 Å². The molecule has 196 valence electrons. The smallest absolute Gasteiger partial charge is 0.352 e. The number of benzene rings is 1. The van der Waals surface area contributed by atoms with Gasteiger partial charge in [-0.15, -0.1) is 46.2 Å². The van der Waals surface area contributed by atoms with E-state index >= 15 is 0 Å². The summed E-state index contributed by atoms with van der Waals surface area (Å²) in [5, 5.41) is 25.9. The number of β-lactam (4-membered cyclic amide) rings is 1. The topological polar surface area (TPSA) is 175 Å². The third-order valence-electron chi connectivity index (χ3n) is 5.67. The number of amides is 2. The molecule has 11 nitrogen and oxygen atoms in total. The van der Waals surface area contributed by atoms with Gasteiger partial charge in [0.15, 0.2) is 16.3 Å². The zero-order chi connectivity index (χ0) is 27.1. The number of rotatable bonds is 7. The molecular weight excluding hydrogens is 578 g/mol. The number of nitrogen functional groups attached to an aromatic ring is 1. The maximum absolute atomic E-state index is 13.6. The summed E-state index contributed by atoms with van der Waals surface area (Å²) < 4.78 is 14.7. The van der Waals surface area contributed by atoms with E-state index < -0.39 is 40.7 Å². The first-order valence-electron chi connectivity index (χ1n) is 10.7. The predicted octanol–water partition coefficient (Wildman–Crippen LogP) is 2.15. The quantitative estimate of drug-likeness (QED) is 0.104. The third kappa shape index (κ3) is 4.75. The molecule has 38 heavy (non-hydrogen) atoms. The molecule has 0 bridgehead atoms. The first-order valence-corrected chi connectivity index (χ1v) is 14.4. The second-order valence-corrected chi connectivity index (χ2v) is 12.4. The van der Waals surface area contributed by atoms with Crippen molar-refractivity contribution in [3.8, 4) is 0 Å². The molecule has 4 heterocycles. The van der Waals surface area contributed by atoms with Crippen LogP contribution in [0, 0.1) is 5.82 Å². The Labute approximate surface area is 229 Å². The van der Waals surface area contributed by atoms with Crippen molar-refractivity contribution in [3.63, 3.8) is 0 Å². The van der Waals surface area contributed by atoms with E-state index in [-0.39, 0.29) is 33.5 Å². The molecule has 0 saturated carbocycles. The molecule has 2 amide bonds. The second kappa shape index (κ2) is 10.4. The molecule has 1 aromatic carbocycles. The zero-order valence-corrected chi connectivity index (χ0v) is 22.2. The highest BCUT2D eigenvalue weighted by atomic mass is 32.2. The molecule has 3 aromatic rings. The lowest BCUT2D eigenvalue weighted by atomic mass is 10.0. The van der Waals surface area contributed by atoms with Gasteiger partial charge in [-0.2, -0.15) is 0 Å². The summed E-state index contributed by atoms with van der Waals surface area (Å²) in [5.74, 6) is -2.81. The maximum atomic E-state index is 13.6. The number of aromatic nitrogens is 1. The van der Waals surface area contributed by atoms with E-state index in [1.807, 2.05) is 0 Å². The average Bonchev–Trinajstić information content (AvgIpc) is 3.31. The first kappa shape index (κ1) is 26.1. The van der Waals surface area contributed by atoms with Crippen molar-refractivity contribution in [2.24, 2.45) is 5.16 Å². The van der Waals surface area contributed by atoms with Crippen molar-refractivity contribution >= 4 is 84.9 Å². The SMILES string of the molecule is Nc1nc(/C(=N/O)C(=O)N[C@@H]2C(=O)N3C(C(=O)O)=C(CSc4cc(=O)c5ccc(F)cc5s4)CS[C@@H]23)cs1. The highest BCUT2D eigenvalue weighted by molar-refractivity contribution is 8.02. The number of thiazole rings is 1. The lowest BCUT2D eigenvalue weighted by Gasteiger charge is -2.49. The van der Waals surface area contributed by atoms with Gasteiger partial charge in [-0.1, -0.05) is 5.16 Å². The van der Waals surface area contributed by atoms with Gasteiger partial charge >= 0.3 is 5.97 Å². The van der Waals surface area contributed by atoms with E-state index in [4.69, 9.17) is 5.73 Å². The van der Waals surface area contributed by atoms with Crippen LogP contribution < -0.4 is 16.5 Å². The van der Waals surface area contributed by atoms with E-state index in [0.717, 1.165) is 16.2 Å². The van der Waals surface area contributed by atoms with Crippen LogP contribution in [0.2, 0.25) is 0 Å². The van der Waals surface area contributed by atoms with Gasteiger partial charge in [0.1, 0.15) is 28.6 Å². The lowest BCUT2D eigenvalue weighted by molar-refractivity contribution is -0.150. The van der Waals surface area contributed by atoms with Crippen LogP contribution in [-0.2, 0) is 14.4 Å². The van der Waals surface area contributed by atoms with Crippen molar-refractivity contribution < 1.29 is 29.1 Å². The Hall–Kier alpha value is -3.47. The average molecular weight is 594 g/mol. The van der Waals surface area contributed by atoms with Crippen molar-refractivity contribution in [2.45, 2.75) is 15.6 Å². The Morgan fingerprint density at radius 2 is 2.11 bits per heavy atom. The van der Waals surface area contributed by atoms with E-state index in [1.165, 1.54) is 64.5 Å². The number of anilines is 1. The summed E-state index contributed by atoms with van der Waals surface area (Å²) in [4.78, 5) is 55.1. The molecule has 0 unspecified atom stereocenters. The zero-order valence-electron chi connectivity index (χ0n) is 18.9. The fourth-order valence-corrected chi connectivity index (χ4v) is 8.23. The van der Waals surface area contributed by atoms with Crippen LogP contribution in [0.5, 0.6) is 0 Å². The number of aliphatic carboxylic acids is 1. The number of nitrogens with two attached hydrogens (primary N) is 1. The van der Waals surface area contributed by atoms with Crippen molar-refractivity contribution in [1.29, 1.82) is 0 Å². The number of carbonyl (C=O) groups excluding carboxylic acids is 2. The number of oxime groups is 1. The maximum Gasteiger partial charge on any atom is 0.352 e. The molecular formula is C22H16FN5O6S4. The molecule has 2 aliphatic heterocycles. The summed E-state index contributed by atoms with van der Waals surface area (Å²) >= 11 is 4.75. The predicted molar refractivity (Wildman–Crippen MR) is 143 cm³/mol. The summed E-state index contributed by atoms with van der Waals surface area (Å²) in [6.07, 6.45) is 0. The molecule has 5 rings (SSSR count). The molecule has 2 aliphatic rings. The lowest BCUT2D eigenvalue weighted by Crippen LogP contribution is -2.71. The van der Waals surface area contributed by atoms with Gasteiger partial charge < -0.3 is 21.4 Å². The van der Waals surface area contributed by atoms with Crippen LogP contribution in [0.15, 0.2) is 55.1 Å². The van der Waals surface area contributed by atoms with E-state index in [2.05, 4.69) is 15.5 Å². The van der Waals surface area contributed by atoms with Crippen molar-refractivity contribution in [3.05, 3.63) is 62.7 Å². The Kier molecular flexibility index (Phi) is 7.13. The fourth-order valence-electron chi connectivity index (χ4n) is 3.95. The minimum absolute atomic E-state index is 0.0385. The first-order chi connectivity index (χ1) is 18.2. The standard InChI is InChI=1S/C22H16FN5O6S4/c23-9-1-2-10-12(29)4-14(38-13(10)3-9)35-5-8-6-36-20-16(19(31)28(20)17(8)21(32)33)26-18(30)15(27-34)11-7-37-22(24)25-11/h1-4,7,16,20,34H,5-6H2,(H2,24,25)(H,26,30)(H,32,33)/b27-15-/t16-,20+/m1/s1. The number of halogens is 1. The van der Waals surface area contributed by atoms with Crippen LogP contribution in [0.4, 0.5) is 9.52 Å². The largest absolute Gasteiger partial charge is 0.477 e. The Balaban J connectivity index is 1.32. The number of carboxylic acid groups (broad SMARTS) is 1. The van der Waals surface area contributed by atoms with E-state index in [0.29, 0.717) is 19.9 Å². The Morgan fingerprint density at radius 3 is 2.79 bits per heavy atom. The van der Waals surface area contributed by atoms with Gasteiger partial charge in [0.05, 0.1) is 4.21 Å². The summed E-state index contributed by atoms with van der Waals surface area (Å²) in [7, 11) is 0. The Bertz CT molecular complexity index is 1620. The van der Waals surface area contributed by atoms with Crippen LogP contribution in [-0.4, -0.2) is 66.6 Å². The van der Waals surface area contributed by atoms with Gasteiger partial charge in [-0.25, -0.2) is 14.2 Å². The van der Waals surface area contributed by atoms with Gasteiger partial charge in [-0.05, 0) is 23.8 Å². The number of hydrogen-bond donors (Lipinski definition) is 4. The van der Waals surface area contributed by atoms with Gasteiger partial charge in [0, 0.05) is 33.0 Å². The van der Waals surface area contributed by atoms with Gasteiger partial charge in [0.25, 0.3) is 11.8 Å². The van der Waals surface area contributed by atoms with Crippen LogP contribution in [0.3, 0.4) is 0 Å². The monoisotopic (exact) mass is 593 g/mol. The molecule has 2 aromatic heterocycles. The number of carbonyl (C=O) groups is 3. The minimum atomic E-state index is -1.30. The molecule has 5 N–H and O–H groups in total. The number of thioether (sulfide) groups is 2. The van der Waals surface area contributed by atoms with Crippen molar-refractivity contribution in [1.82, 2.24) is 15.2 Å². The molecule has 2 atom stereocenters. The number of hydrogen-bond acceptors (Lipinski definition) is 12. The highest BCUT2D eigenvalue weighted by Gasteiger charge is 2.54. The van der Waals surface area contributed by atoms with Gasteiger partial charge in [0.2, 0.25) is 0 Å². The second-order valence-electron chi connectivity index (χ2n) is 8.00. The summed E-state index contributed by atoms with van der Waals surface area (Å²) in [6, 6.07) is 4.30. The highest BCUT2D eigenvalue weighted by Crippen LogP contribution is 2.42. The minimum Gasteiger partial charge on any atom is -0.477 e. The van der Waals surface area contributed by atoms with Crippen LogP contribution in [0.25, 0.3) is 10.1 Å². The fraction of sp³-hybridized carbons (Fsp3) is 0.182. The Morgan fingerprint density at radius 1 is 1.32 bits per heavy atom. The van der Waals surface area contributed by atoms with Gasteiger partial charge in [-0.3, -0.25) is 19.3 Å². The van der Waals surface area contributed by atoms with Crippen LogP contribution >= 0.6 is 46.2 Å². The molecule has 0 spiro atoms. The molecule has 1 fully saturated rings. The number of nitrogens with zero attached hydrogens (tertiary/aromatic N) is 3. The summed E-state index contributed by atoms with van der Waals surface area (Å²) in [5.41, 5.74) is 5.19. The number of fused-ring (bicyclic) bond motifs is 2. The molecule has 16 heteroatoms.